The molecule has 2 rings (SSSR count). The third-order valence-corrected chi connectivity index (χ3v) is 11.1. The van der Waals surface area contributed by atoms with Crippen LogP contribution in [0.5, 0.6) is 0 Å². The van der Waals surface area contributed by atoms with Gasteiger partial charge in [-0.15, -0.1) is 0 Å². The summed E-state index contributed by atoms with van der Waals surface area (Å²) in [5.41, 5.74) is 0. The second-order valence-electron chi connectivity index (χ2n) is 6.42. The van der Waals surface area contributed by atoms with Crippen LogP contribution in [-0.4, -0.2) is 0 Å². The van der Waals surface area contributed by atoms with Crippen LogP contribution in [0.25, 0.3) is 0 Å². The van der Waals surface area contributed by atoms with E-state index < -0.39 is 14.6 Å². The van der Waals surface area contributed by atoms with E-state index in [9.17, 15) is 9.13 Å². The van der Waals surface area contributed by atoms with Gasteiger partial charge in [-0.25, -0.2) is 4.86 Å². The summed E-state index contributed by atoms with van der Waals surface area (Å²) in [6.45, 7) is 7.46. The highest BCUT2D eigenvalue weighted by Gasteiger charge is 2.38. The molecule has 29 heavy (non-hydrogen) atoms. The Kier molecular flexibility index (Phi) is 8.41. The molecule has 0 fully saturated rings. The monoisotopic (exact) mass is 425 g/mol. The molecule has 2 unspecified atom stereocenters. The molecule has 1 N–H and O–H groups in total. The highest BCUT2D eigenvalue weighted by molar-refractivity contribution is 7.88. The van der Waals surface area contributed by atoms with E-state index >= 15 is 0 Å². The Hall–Kier alpha value is -2.18. The van der Waals surface area contributed by atoms with E-state index in [2.05, 4.69) is 4.86 Å². The molecule has 0 aliphatic heterocycles. The first kappa shape index (κ1) is 23.1. The largest absolute Gasteiger partial charge is 0.296 e. The van der Waals surface area contributed by atoms with Crippen molar-refractivity contribution in [3.8, 4) is 0 Å². The zero-order valence-electron chi connectivity index (χ0n) is 17.4. The van der Waals surface area contributed by atoms with Gasteiger partial charge in [0.05, 0.1) is 0 Å². The van der Waals surface area contributed by atoms with E-state index in [1.807, 2.05) is 125 Å². The lowest BCUT2D eigenvalue weighted by molar-refractivity contribution is 0.573. The Morgan fingerprint density at radius 1 is 0.655 bits per heavy atom. The number of nitrogens with one attached hydrogen (secondary N) is 1. The zero-order chi connectivity index (χ0) is 21.3. The van der Waals surface area contributed by atoms with Gasteiger partial charge in [0.2, 0.25) is 14.6 Å². The molecule has 0 aliphatic rings. The fraction of sp³-hybridized carbons (Fsp3) is 0.167. The number of benzene rings is 2. The van der Waals surface area contributed by atoms with Crippen molar-refractivity contribution >= 4 is 25.2 Å². The SMILES string of the molecule is C/C=C\C(=C/C)P(=O)(NP(=O)(C(/C=C\C)=C/C)c1ccccc1)c1ccccc1. The van der Waals surface area contributed by atoms with Gasteiger partial charge >= 0.3 is 0 Å². The van der Waals surface area contributed by atoms with Crippen LogP contribution in [0.3, 0.4) is 0 Å². The number of rotatable bonds is 8. The minimum absolute atomic E-state index is 0.623. The highest BCUT2D eigenvalue weighted by atomic mass is 31.2. The lowest BCUT2D eigenvalue weighted by Gasteiger charge is -2.29. The van der Waals surface area contributed by atoms with Crippen LogP contribution < -0.4 is 15.5 Å². The third kappa shape index (κ3) is 5.06. The molecule has 0 amide bonds. The molecule has 0 heterocycles. The van der Waals surface area contributed by atoms with Crippen molar-refractivity contribution in [1.29, 1.82) is 0 Å². The summed E-state index contributed by atoms with van der Waals surface area (Å²) in [6, 6.07) is 18.4. The van der Waals surface area contributed by atoms with Gasteiger partial charge in [-0.2, -0.15) is 0 Å². The number of hydrogen-bond acceptors (Lipinski definition) is 2. The average Bonchev–Trinajstić information content (AvgIpc) is 2.76. The Bertz CT molecular complexity index is 936. The van der Waals surface area contributed by atoms with Gasteiger partial charge in [-0.3, -0.25) is 9.13 Å². The maximum Gasteiger partial charge on any atom is 0.210 e. The Balaban J connectivity index is 2.79. The van der Waals surface area contributed by atoms with Gasteiger partial charge in [0.15, 0.2) is 0 Å². The van der Waals surface area contributed by atoms with Gasteiger partial charge in [-0.1, -0.05) is 72.9 Å². The van der Waals surface area contributed by atoms with Crippen LogP contribution in [0, 0.1) is 0 Å². The van der Waals surface area contributed by atoms with E-state index in [4.69, 9.17) is 0 Å². The van der Waals surface area contributed by atoms with Crippen molar-refractivity contribution in [2.45, 2.75) is 27.7 Å². The second-order valence-corrected chi connectivity index (χ2v) is 11.7. The first-order valence-electron chi connectivity index (χ1n) is 9.66. The normalized spacial score (nSPS) is 17.4. The summed E-state index contributed by atoms with van der Waals surface area (Å²) in [6.07, 6.45) is 11.0. The molecule has 0 aliphatic carbocycles. The number of hydrogen-bond donors (Lipinski definition) is 1. The maximum atomic E-state index is 14.5. The highest BCUT2D eigenvalue weighted by Crippen LogP contribution is 2.62. The lowest BCUT2D eigenvalue weighted by atomic mass is 10.4. The molecule has 0 aromatic heterocycles. The van der Waals surface area contributed by atoms with Crippen molar-refractivity contribution in [2.75, 3.05) is 0 Å². The summed E-state index contributed by atoms with van der Waals surface area (Å²) in [5, 5.41) is 2.49. The third-order valence-electron chi connectivity index (χ3n) is 4.51. The molecule has 0 saturated carbocycles. The molecule has 0 radical (unpaired) electrons. The predicted octanol–water partition coefficient (Wildman–Crippen LogP) is 6.74. The summed E-state index contributed by atoms with van der Waals surface area (Å²) in [5.74, 6) is 0. The molecule has 3 nitrogen and oxygen atoms in total. The van der Waals surface area contributed by atoms with Gasteiger partial charge < -0.3 is 0 Å². The molecular weight excluding hydrogens is 396 g/mol. The van der Waals surface area contributed by atoms with E-state index in [-0.39, 0.29) is 0 Å². The number of allylic oxidation sites excluding steroid dienone is 8. The van der Waals surface area contributed by atoms with E-state index in [0.29, 0.717) is 21.2 Å². The molecule has 0 spiro atoms. The van der Waals surface area contributed by atoms with Crippen LogP contribution in [0.4, 0.5) is 0 Å². The molecule has 152 valence electrons. The standard InChI is InChI=1S/C24H29NO2P2/c1-5-15-21(7-3)28(26,23-17-11-9-12-18-23)25-29(27,22(8-4)16-6-2)24-19-13-10-14-20-24/h5-20H,1-4H3,(H,25,26,27)/b15-5-,16-6-,21-7+,22-8+. The molecular formula is C24H29NO2P2. The van der Waals surface area contributed by atoms with Crippen LogP contribution in [0.15, 0.2) is 108 Å². The van der Waals surface area contributed by atoms with Crippen LogP contribution >= 0.6 is 14.6 Å². The minimum Gasteiger partial charge on any atom is -0.296 e. The van der Waals surface area contributed by atoms with Crippen molar-refractivity contribution in [1.82, 2.24) is 4.86 Å². The van der Waals surface area contributed by atoms with Gasteiger partial charge in [0.25, 0.3) is 0 Å². The predicted molar refractivity (Wildman–Crippen MR) is 128 cm³/mol. The molecule has 2 aromatic carbocycles. The summed E-state index contributed by atoms with van der Waals surface area (Å²) in [7, 11) is -6.78. The van der Waals surface area contributed by atoms with Crippen molar-refractivity contribution in [3.05, 3.63) is 108 Å². The molecule has 0 bridgehead atoms. The zero-order valence-corrected chi connectivity index (χ0v) is 19.2. The molecule has 0 saturated heterocycles. The molecule has 5 heteroatoms. The fourth-order valence-corrected chi connectivity index (χ4v) is 9.77. The van der Waals surface area contributed by atoms with E-state index in [0.717, 1.165) is 0 Å². The van der Waals surface area contributed by atoms with Crippen molar-refractivity contribution in [3.63, 3.8) is 0 Å². The Morgan fingerprint density at radius 2 is 1.00 bits per heavy atom. The molecule has 2 atom stereocenters. The Labute approximate surface area is 174 Å². The lowest BCUT2D eigenvalue weighted by Crippen LogP contribution is -2.24. The van der Waals surface area contributed by atoms with Gasteiger partial charge in [0, 0.05) is 21.2 Å². The Morgan fingerprint density at radius 3 is 1.28 bits per heavy atom. The van der Waals surface area contributed by atoms with Gasteiger partial charge in [0.1, 0.15) is 0 Å². The smallest absolute Gasteiger partial charge is 0.210 e. The van der Waals surface area contributed by atoms with Crippen molar-refractivity contribution < 1.29 is 9.13 Å². The fourth-order valence-electron chi connectivity index (χ4n) is 3.11. The first-order chi connectivity index (χ1) is 14.0. The first-order valence-corrected chi connectivity index (χ1v) is 13.1. The maximum absolute atomic E-state index is 14.5. The quantitative estimate of drug-likeness (QED) is 0.376. The summed E-state index contributed by atoms with van der Waals surface area (Å²) >= 11 is 0. The van der Waals surface area contributed by atoms with Crippen LogP contribution in [-0.2, 0) is 9.13 Å². The summed E-state index contributed by atoms with van der Waals surface area (Å²) < 4.78 is 29.0. The second kappa shape index (κ2) is 10.6. The van der Waals surface area contributed by atoms with Crippen LogP contribution in [0.1, 0.15) is 27.7 Å². The minimum atomic E-state index is -3.39. The topological polar surface area (TPSA) is 46.2 Å². The van der Waals surface area contributed by atoms with Gasteiger partial charge in [-0.05, 0) is 52.0 Å². The van der Waals surface area contributed by atoms with Crippen molar-refractivity contribution in [2.24, 2.45) is 0 Å². The molecule has 2 aromatic rings. The average molecular weight is 425 g/mol. The van der Waals surface area contributed by atoms with E-state index in [1.54, 1.807) is 0 Å². The van der Waals surface area contributed by atoms with Crippen LogP contribution in [0.2, 0.25) is 0 Å². The van der Waals surface area contributed by atoms with E-state index in [1.165, 1.54) is 0 Å². The summed E-state index contributed by atoms with van der Waals surface area (Å²) in [4.78, 5) is 3.18.